The summed E-state index contributed by atoms with van der Waals surface area (Å²) in [6.45, 7) is 4.56. The molecule has 2 aromatic rings. The Morgan fingerprint density at radius 2 is 1.76 bits per heavy atom. The molecule has 5 rings (SSSR count). The van der Waals surface area contributed by atoms with Gasteiger partial charge >= 0.3 is 0 Å². The van der Waals surface area contributed by atoms with Gasteiger partial charge in [-0.3, -0.25) is 19.4 Å². The lowest BCUT2D eigenvalue weighted by molar-refractivity contribution is -0.0972. The summed E-state index contributed by atoms with van der Waals surface area (Å²) < 4.78 is 11.5. The second-order valence-corrected chi connectivity index (χ2v) is 9.63. The molecule has 1 aliphatic carbocycles. The lowest BCUT2D eigenvalue weighted by atomic mass is 9.82. The molecule has 0 radical (unpaired) electrons. The smallest absolute Gasteiger partial charge is 0.200 e. The number of fused-ring (bicyclic) bond motifs is 2. The number of ether oxygens (including phenoxy) is 2. The maximum Gasteiger partial charge on any atom is 0.200 e. The van der Waals surface area contributed by atoms with Crippen LogP contribution in [0, 0.1) is 0 Å². The van der Waals surface area contributed by atoms with Gasteiger partial charge in [0.25, 0.3) is 0 Å². The number of carbonyl (C=O) groups is 2. The molecule has 0 spiro atoms. The van der Waals surface area contributed by atoms with Gasteiger partial charge < -0.3 is 30.7 Å². The molecular formula is C27H34N4O6. The zero-order chi connectivity index (χ0) is 25.9. The average molecular weight is 511 g/mol. The van der Waals surface area contributed by atoms with Crippen LogP contribution in [0.1, 0.15) is 51.1 Å². The minimum Gasteiger partial charge on any atom is -0.507 e. The van der Waals surface area contributed by atoms with Crippen LogP contribution in [0.5, 0.6) is 5.75 Å². The van der Waals surface area contributed by atoms with Gasteiger partial charge in [0, 0.05) is 43.0 Å². The molecule has 10 nitrogen and oxygen atoms in total. The lowest BCUT2D eigenvalue weighted by Crippen LogP contribution is -2.36. The zero-order valence-electron chi connectivity index (χ0n) is 20.8. The van der Waals surface area contributed by atoms with E-state index >= 15 is 0 Å². The molecule has 2 heterocycles. The number of carbonyl (C=O) groups excluding carboxylic acids is 2. The number of nitrogens with two attached hydrogens (primary N) is 1. The van der Waals surface area contributed by atoms with E-state index in [1.54, 1.807) is 30.3 Å². The van der Waals surface area contributed by atoms with E-state index in [0.29, 0.717) is 56.0 Å². The lowest BCUT2D eigenvalue weighted by Gasteiger charge is -2.26. The molecule has 2 saturated heterocycles. The topological polar surface area (TPSA) is 138 Å². The summed E-state index contributed by atoms with van der Waals surface area (Å²) in [5.41, 5.74) is 7.19. The fourth-order valence-electron chi connectivity index (χ4n) is 5.51. The van der Waals surface area contributed by atoms with Gasteiger partial charge in [-0.05, 0) is 37.9 Å². The monoisotopic (exact) mass is 510 g/mol. The Morgan fingerprint density at radius 3 is 2.57 bits per heavy atom. The van der Waals surface area contributed by atoms with E-state index in [2.05, 4.69) is 15.1 Å². The molecule has 2 fully saturated rings. The number of hydrogen-bond acceptors (Lipinski definition) is 10. The van der Waals surface area contributed by atoms with Crippen molar-refractivity contribution in [3.8, 4) is 5.75 Å². The number of aliphatic hydroxyl groups is 1. The minimum atomic E-state index is -0.759. The van der Waals surface area contributed by atoms with Crippen molar-refractivity contribution in [3.63, 3.8) is 0 Å². The number of rotatable bonds is 10. The van der Waals surface area contributed by atoms with Crippen molar-refractivity contribution in [1.82, 2.24) is 9.80 Å². The van der Waals surface area contributed by atoms with E-state index < -0.39 is 6.29 Å². The summed E-state index contributed by atoms with van der Waals surface area (Å²) in [7, 11) is 0. The predicted molar refractivity (Wildman–Crippen MR) is 137 cm³/mol. The van der Waals surface area contributed by atoms with Crippen LogP contribution in [0.3, 0.4) is 0 Å². The SMILES string of the molecule is NCCC1OC(O)CN1CCCC1OCCN1CCNc1cccc2c1C(=O)c1c(O)cccc1C2=O. The number of phenolic OH excluding ortho intramolecular Hbond substituents is 1. The van der Waals surface area contributed by atoms with Crippen LogP contribution in [-0.4, -0.2) is 96.2 Å². The Bertz CT molecular complexity index is 1160. The Kier molecular flexibility index (Phi) is 7.84. The third kappa shape index (κ3) is 5.26. The minimum absolute atomic E-state index is 0.0000690. The summed E-state index contributed by atoms with van der Waals surface area (Å²) in [5, 5.41) is 23.4. The van der Waals surface area contributed by atoms with Gasteiger partial charge in [0.05, 0.1) is 24.3 Å². The van der Waals surface area contributed by atoms with Crippen LogP contribution in [0.4, 0.5) is 5.69 Å². The number of nitrogens with zero attached hydrogens (tertiary/aromatic N) is 2. The van der Waals surface area contributed by atoms with Crippen molar-refractivity contribution in [3.05, 3.63) is 58.7 Å². The number of phenols is 1. The Labute approximate surface area is 215 Å². The molecule has 198 valence electrons. The number of benzene rings is 2. The Morgan fingerprint density at radius 1 is 0.973 bits per heavy atom. The largest absolute Gasteiger partial charge is 0.507 e. The van der Waals surface area contributed by atoms with Gasteiger partial charge in [-0.2, -0.15) is 0 Å². The average Bonchev–Trinajstić information content (AvgIpc) is 3.48. The van der Waals surface area contributed by atoms with Gasteiger partial charge in [0.15, 0.2) is 17.9 Å². The number of β-amino-alcohol motifs (C(OH)–C–C–N with tert-alkyl or cyclic N) is 1. The van der Waals surface area contributed by atoms with Crippen LogP contribution in [0.15, 0.2) is 36.4 Å². The van der Waals surface area contributed by atoms with Crippen molar-refractivity contribution in [2.24, 2.45) is 5.73 Å². The van der Waals surface area contributed by atoms with E-state index in [-0.39, 0.29) is 40.9 Å². The highest BCUT2D eigenvalue weighted by molar-refractivity contribution is 6.31. The molecule has 3 unspecified atom stereocenters. The van der Waals surface area contributed by atoms with Crippen LogP contribution in [-0.2, 0) is 9.47 Å². The highest BCUT2D eigenvalue weighted by Gasteiger charge is 2.34. The Balaban J connectivity index is 1.17. The highest BCUT2D eigenvalue weighted by atomic mass is 16.6. The van der Waals surface area contributed by atoms with Gasteiger partial charge in [0.2, 0.25) is 0 Å². The second-order valence-electron chi connectivity index (χ2n) is 9.63. The highest BCUT2D eigenvalue weighted by Crippen LogP contribution is 2.35. The predicted octanol–water partition coefficient (Wildman–Crippen LogP) is 1.34. The van der Waals surface area contributed by atoms with Gasteiger partial charge in [-0.15, -0.1) is 0 Å². The number of aromatic hydroxyl groups is 1. The van der Waals surface area contributed by atoms with E-state index in [9.17, 15) is 19.8 Å². The van der Waals surface area contributed by atoms with Crippen molar-refractivity contribution in [2.75, 3.05) is 51.2 Å². The van der Waals surface area contributed by atoms with E-state index in [4.69, 9.17) is 15.2 Å². The normalized spacial score (nSPS) is 23.9. The maximum absolute atomic E-state index is 13.3. The van der Waals surface area contributed by atoms with Crippen molar-refractivity contribution in [1.29, 1.82) is 0 Å². The molecule has 3 atom stereocenters. The molecule has 3 aliphatic rings. The summed E-state index contributed by atoms with van der Waals surface area (Å²) in [4.78, 5) is 30.7. The quantitative estimate of drug-likeness (QED) is 0.316. The molecule has 2 aromatic carbocycles. The number of anilines is 1. The fourth-order valence-corrected chi connectivity index (χ4v) is 5.51. The first-order valence-corrected chi connectivity index (χ1v) is 12.9. The summed E-state index contributed by atoms with van der Waals surface area (Å²) >= 11 is 0. The molecule has 5 N–H and O–H groups in total. The van der Waals surface area contributed by atoms with Crippen LogP contribution < -0.4 is 11.1 Å². The zero-order valence-corrected chi connectivity index (χ0v) is 20.8. The van der Waals surface area contributed by atoms with Crippen molar-refractivity contribution < 1.29 is 29.3 Å². The number of nitrogens with one attached hydrogen (secondary N) is 1. The molecule has 37 heavy (non-hydrogen) atoms. The van der Waals surface area contributed by atoms with Crippen LogP contribution >= 0.6 is 0 Å². The maximum atomic E-state index is 13.3. The third-order valence-electron chi connectivity index (χ3n) is 7.28. The summed E-state index contributed by atoms with van der Waals surface area (Å²) in [6.07, 6.45) is 1.55. The molecule has 2 aliphatic heterocycles. The summed E-state index contributed by atoms with van der Waals surface area (Å²) in [6, 6.07) is 9.78. The first-order chi connectivity index (χ1) is 18.0. The summed E-state index contributed by atoms with van der Waals surface area (Å²) in [5.74, 6) is -0.795. The molecule has 0 saturated carbocycles. The van der Waals surface area contributed by atoms with Gasteiger partial charge in [-0.1, -0.05) is 24.3 Å². The van der Waals surface area contributed by atoms with Crippen LogP contribution in [0.25, 0.3) is 0 Å². The molecule has 10 heteroatoms. The number of aliphatic hydroxyl groups excluding tert-OH is 1. The molecular weight excluding hydrogens is 476 g/mol. The molecule has 0 aromatic heterocycles. The van der Waals surface area contributed by atoms with Crippen molar-refractivity contribution >= 4 is 17.3 Å². The second kappa shape index (κ2) is 11.3. The molecule has 0 bridgehead atoms. The van der Waals surface area contributed by atoms with Gasteiger partial charge in [-0.25, -0.2) is 0 Å². The first-order valence-electron chi connectivity index (χ1n) is 12.9. The number of hydrogen-bond donors (Lipinski definition) is 4. The van der Waals surface area contributed by atoms with Crippen molar-refractivity contribution in [2.45, 2.75) is 38.0 Å². The van der Waals surface area contributed by atoms with E-state index in [1.807, 2.05) is 0 Å². The standard InChI is InChI=1S/C27H34N4O6/c28-10-9-22-31(16-23(33)37-22)12-3-8-21-30(14-15-36-21)13-11-29-19-6-1-4-17-24(19)27(35)25-18(26(17)34)5-2-7-20(25)32/h1-2,4-7,21-23,29,32-33H,3,8-16,28H2. The Hall–Kier alpha value is -2.86. The van der Waals surface area contributed by atoms with E-state index in [0.717, 1.165) is 25.9 Å². The first kappa shape index (κ1) is 25.8. The third-order valence-corrected chi connectivity index (χ3v) is 7.28. The van der Waals surface area contributed by atoms with Crippen LogP contribution in [0.2, 0.25) is 0 Å². The fraction of sp³-hybridized carbons (Fsp3) is 0.481. The van der Waals surface area contributed by atoms with Gasteiger partial charge in [0.1, 0.15) is 18.2 Å². The number of ketones is 2. The molecule has 0 amide bonds. The van der Waals surface area contributed by atoms with E-state index in [1.165, 1.54) is 6.07 Å².